The van der Waals surface area contributed by atoms with Gasteiger partial charge in [-0.2, -0.15) is 0 Å². The zero-order valence-corrected chi connectivity index (χ0v) is 14.9. The van der Waals surface area contributed by atoms with E-state index in [0.29, 0.717) is 19.0 Å². The summed E-state index contributed by atoms with van der Waals surface area (Å²) in [5, 5.41) is 0. The van der Waals surface area contributed by atoms with Crippen molar-refractivity contribution in [3.63, 3.8) is 0 Å². The van der Waals surface area contributed by atoms with Gasteiger partial charge >= 0.3 is 17.9 Å². The van der Waals surface area contributed by atoms with Crippen molar-refractivity contribution in [3.05, 3.63) is 42.5 Å². The molecule has 0 fully saturated rings. The standard InChI is InChI=1S/C19H24O7/c1-3-4-10-23-11-12-24-17(20)13-15(2)19(22)25-14-18(21)26-16-8-6-5-7-9-16/h5-9H,2-4,10-14H2,1H3. The largest absolute Gasteiger partial charge is 0.463 e. The van der Waals surface area contributed by atoms with Crippen LogP contribution >= 0.6 is 0 Å². The molecule has 0 aromatic heterocycles. The lowest BCUT2D eigenvalue weighted by atomic mass is 10.2. The number of carbonyl (C=O) groups is 3. The molecule has 0 saturated carbocycles. The lowest BCUT2D eigenvalue weighted by molar-refractivity contribution is -0.152. The van der Waals surface area contributed by atoms with Crippen molar-refractivity contribution in [2.45, 2.75) is 26.2 Å². The van der Waals surface area contributed by atoms with E-state index in [1.165, 1.54) is 0 Å². The summed E-state index contributed by atoms with van der Waals surface area (Å²) in [5.41, 5.74) is -0.102. The van der Waals surface area contributed by atoms with Gasteiger partial charge in [0.15, 0.2) is 6.61 Å². The number of benzene rings is 1. The Hall–Kier alpha value is -2.67. The van der Waals surface area contributed by atoms with Crippen LogP contribution in [-0.2, 0) is 28.6 Å². The van der Waals surface area contributed by atoms with E-state index in [1.807, 2.05) is 0 Å². The second-order valence-electron chi connectivity index (χ2n) is 5.33. The van der Waals surface area contributed by atoms with Crippen molar-refractivity contribution in [2.24, 2.45) is 0 Å². The van der Waals surface area contributed by atoms with Crippen LogP contribution in [0, 0.1) is 0 Å². The molecule has 0 saturated heterocycles. The first-order valence-electron chi connectivity index (χ1n) is 8.37. The topological polar surface area (TPSA) is 88.1 Å². The molecule has 0 bridgehead atoms. The van der Waals surface area contributed by atoms with Crippen molar-refractivity contribution in [3.8, 4) is 5.75 Å². The molecule has 7 heteroatoms. The predicted octanol–water partition coefficient (Wildman–Crippen LogP) is 2.44. The van der Waals surface area contributed by atoms with Crippen LogP contribution in [0.15, 0.2) is 42.5 Å². The van der Waals surface area contributed by atoms with Gasteiger partial charge in [-0.25, -0.2) is 9.59 Å². The molecule has 0 aliphatic rings. The van der Waals surface area contributed by atoms with E-state index in [2.05, 4.69) is 13.5 Å². The van der Waals surface area contributed by atoms with Crippen LogP contribution in [0.3, 0.4) is 0 Å². The molecule has 1 aromatic rings. The fourth-order valence-electron chi connectivity index (χ4n) is 1.74. The molecular formula is C19H24O7. The fourth-order valence-corrected chi connectivity index (χ4v) is 1.74. The number of para-hydroxylation sites is 1. The second kappa shape index (κ2) is 12.7. The molecular weight excluding hydrogens is 340 g/mol. The summed E-state index contributed by atoms with van der Waals surface area (Å²) in [6, 6.07) is 8.38. The molecule has 0 amide bonds. The molecule has 0 unspecified atom stereocenters. The van der Waals surface area contributed by atoms with Gasteiger partial charge in [-0.05, 0) is 18.6 Å². The Kier molecular flexibility index (Phi) is 10.4. The minimum atomic E-state index is -0.855. The van der Waals surface area contributed by atoms with Gasteiger partial charge in [-0.15, -0.1) is 0 Å². The van der Waals surface area contributed by atoms with Crippen molar-refractivity contribution < 1.29 is 33.3 Å². The number of unbranched alkanes of at least 4 members (excludes halogenated alkanes) is 1. The third-order valence-electron chi connectivity index (χ3n) is 3.08. The van der Waals surface area contributed by atoms with Crippen LogP contribution in [0.25, 0.3) is 0 Å². The van der Waals surface area contributed by atoms with Crippen LogP contribution in [0.5, 0.6) is 5.75 Å². The van der Waals surface area contributed by atoms with Gasteiger partial charge in [0.05, 0.1) is 13.0 Å². The monoisotopic (exact) mass is 364 g/mol. The summed E-state index contributed by atoms with van der Waals surface area (Å²) in [6.45, 7) is 5.96. The average Bonchev–Trinajstić information content (AvgIpc) is 2.63. The third-order valence-corrected chi connectivity index (χ3v) is 3.08. The third kappa shape index (κ3) is 9.58. The average molecular weight is 364 g/mol. The van der Waals surface area contributed by atoms with Crippen LogP contribution < -0.4 is 4.74 Å². The van der Waals surface area contributed by atoms with Gasteiger partial charge in [0.2, 0.25) is 0 Å². The maximum absolute atomic E-state index is 11.7. The molecule has 0 N–H and O–H groups in total. The smallest absolute Gasteiger partial charge is 0.349 e. The lowest BCUT2D eigenvalue weighted by Gasteiger charge is -2.08. The predicted molar refractivity (Wildman–Crippen MR) is 93.5 cm³/mol. The van der Waals surface area contributed by atoms with Crippen molar-refractivity contribution >= 4 is 17.9 Å². The first-order chi connectivity index (χ1) is 12.5. The molecule has 7 nitrogen and oxygen atoms in total. The number of rotatable bonds is 12. The fraction of sp³-hybridized carbons (Fsp3) is 0.421. The van der Waals surface area contributed by atoms with Gasteiger partial charge in [-0.1, -0.05) is 38.1 Å². The Balaban J connectivity index is 2.18. The lowest BCUT2D eigenvalue weighted by Crippen LogP contribution is -2.21. The van der Waals surface area contributed by atoms with Gasteiger partial charge in [-0.3, -0.25) is 4.79 Å². The molecule has 1 rings (SSSR count). The number of ether oxygens (including phenoxy) is 4. The first kappa shape index (κ1) is 21.4. The highest BCUT2D eigenvalue weighted by molar-refractivity contribution is 5.94. The van der Waals surface area contributed by atoms with E-state index in [4.69, 9.17) is 18.9 Å². The molecule has 0 heterocycles. The SMILES string of the molecule is C=C(CC(=O)OCCOCCCC)C(=O)OCC(=O)Oc1ccccc1. The highest BCUT2D eigenvalue weighted by Gasteiger charge is 2.16. The minimum absolute atomic E-state index is 0.102. The van der Waals surface area contributed by atoms with Crippen molar-refractivity contribution in [1.82, 2.24) is 0 Å². The molecule has 142 valence electrons. The Morgan fingerprint density at radius 1 is 0.962 bits per heavy atom. The van der Waals surface area contributed by atoms with Crippen LogP contribution in [0.1, 0.15) is 26.2 Å². The maximum Gasteiger partial charge on any atom is 0.349 e. The summed E-state index contributed by atoms with van der Waals surface area (Å²) >= 11 is 0. The number of hydrogen-bond donors (Lipinski definition) is 0. The molecule has 26 heavy (non-hydrogen) atoms. The molecule has 0 aliphatic carbocycles. The van der Waals surface area contributed by atoms with Crippen molar-refractivity contribution in [2.75, 3.05) is 26.4 Å². The minimum Gasteiger partial charge on any atom is -0.463 e. The zero-order chi connectivity index (χ0) is 19.2. The Bertz CT molecular complexity index is 595. The number of hydrogen-bond acceptors (Lipinski definition) is 7. The summed E-state index contributed by atoms with van der Waals surface area (Å²) < 4.78 is 19.9. The van der Waals surface area contributed by atoms with Gasteiger partial charge < -0.3 is 18.9 Å². The van der Waals surface area contributed by atoms with E-state index in [-0.39, 0.29) is 18.6 Å². The Morgan fingerprint density at radius 2 is 1.69 bits per heavy atom. The first-order valence-corrected chi connectivity index (χ1v) is 8.37. The van der Waals surface area contributed by atoms with Crippen molar-refractivity contribution in [1.29, 1.82) is 0 Å². The van der Waals surface area contributed by atoms with E-state index in [1.54, 1.807) is 30.3 Å². The summed E-state index contributed by atoms with van der Waals surface area (Å²) in [5.74, 6) is -1.86. The quantitative estimate of drug-likeness (QED) is 0.244. The Morgan fingerprint density at radius 3 is 2.38 bits per heavy atom. The highest BCUT2D eigenvalue weighted by atomic mass is 16.6. The molecule has 0 aliphatic heterocycles. The van der Waals surface area contributed by atoms with Gasteiger partial charge in [0.25, 0.3) is 0 Å². The number of esters is 3. The zero-order valence-electron chi connectivity index (χ0n) is 14.9. The van der Waals surface area contributed by atoms with Gasteiger partial charge in [0, 0.05) is 12.2 Å². The highest BCUT2D eigenvalue weighted by Crippen LogP contribution is 2.09. The summed E-state index contributed by atoms with van der Waals surface area (Å²) in [6.07, 6.45) is 1.66. The van der Waals surface area contributed by atoms with E-state index < -0.39 is 24.5 Å². The maximum atomic E-state index is 11.7. The molecule has 0 radical (unpaired) electrons. The van der Waals surface area contributed by atoms with Gasteiger partial charge in [0.1, 0.15) is 12.4 Å². The molecule has 0 spiro atoms. The van der Waals surface area contributed by atoms with Crippen LogP contribution in [0.4, 0.5) is 0 Å². The van der Waals surface area contributed by atoms with Crippen LogP contribution in [-0.4, -0.2) is 44.3 Å². The molecule has 0 atom stereocenters. The summed E-state index contributed by atoms with van der Waals surface area (Å²) in [7, 11) is 0. The van der Waals surface area contributed by atoms with E-state index >= 15 is 0 Å². The normalized spacial score (nSPS) is 10.0. The summed E-state index contributed by atoms with van der Waals surface area (Å²) in [4.78, 5) is 34.9. The molecule has 1 aromatic carbocycles. The van der Waals surface area contributed by atoms with E-state index in [0.717, 1.165) is 12.8 Å². The van der Waals surface area contributed by atoms with E-state index in [9.17, 15) is 14.4 Å². The van der Waals surface area contributed by atoms with Crippen LogP contribution in [0.2, 0.25) is 0 Å². The number of carbonyl (C=O) groups excluding carboxylic acids is 3. The second-order valence-corrected chi connectivity index (χ2v) is 5.33. The Labute approximate surface area is 152 Å².